The Bertz CT molecular complexity index is 431. The lowest BCUT2D eigenvalue weighted by Gasteiger charge is -2.16. The van der Waals surface area contributed by atoms with Crippen LogP contribution in [0.3, 0.4) is 0 Å². The van der Waals surface area contributed by atoms with E-state index in [1.54, 1.807) is 12.3 Å². The Kier molecular flexibility index (Phi) is 5.53. The number of hydrogen-bond donors (Lipinski definition) is 1. The van der Waals surface area contributed by atoms with E-state index >= 15 is 0 Å². The summed E-state index contributed by atoms with van der Waals surface area (Å²) in [6.45, 7) is 3.11. The van der Waals surface area contributed by atoms with Gasteiger partial charge in [-0.15, -0.1) is 0 Å². The van der Waals surface area contributed by atoms with Crippen molar-refractivity contribution < 1.29 is 9.53 Å². The molecule has 4 heteroatoms. The van der Waals surface area contributed by atoms with Crippen molar-refractivity contribution in [3.63, 3.8) is 0 Å². The van der Waals surface area contributed by atoms with Crippen molar-refractivity contribution in [2.45, 2.75) is 51.6 Å². The Morgan fingerprint density at radius 1 is 1.35 bits per heavy atom. The number of methoxy groups -OCH3 is 1. The lowest BCUT2D eigenvalue weighted by atomic mass is 10.0. The van der Waals surface area contributed by atoms with Gasteiger partial charge in [0.2, 0.25) is 0 Å². The van der Waals surface area contributed by atoms with E-state index in [4.69, 9.17) is 0 Å². The summed E-state index contributed by atoms with van der Waals surface area (Å²) in [7, 11) is 1.38. The van der Waals surface area contributed by atoms with E-state index in [2.05, 4.69) is 22.0 Å². The number of pyridine rings is 1. The summed E-state index contributed by atoms with van der Waals surface area (Å²) in [5.41, 5.74) is 1.47. The van der Waals surface area contributed by atoms with Crippen LogP contribution in [0.1, 0.15) is 55.1 Å². The first kappa shape index (κ1) is 15.0. The van der Waals surface area contributed by atoms with E-state index < -0.39 is 0 Å². The first-order chi connectivity index (χ1) is 9.69. The van der Waals surface area contributed by atoms with Crippen LogP contribution in [-0.2, 0) is 11.3 Å². The van der Waals surface area contributed by atoms with Gasteiger partial charge >= 0.3 is 5.97 Å². The van der Waals surface area contributed by atoms with Gasteiger partial charge in [-0.25, -0.2) is 4.79 Å². The molecule has 1 aromatic rings. The number of nitrogens with one attached hydrogen (secondary N) is 1. The molecule has 2 atom stereocenters. The first-order valence-electron chi connectivity index (χ1n) is 7.45. The third-order valence-electron chi connectivity index (χ3n) is 4.08. The van der Waals surface area contributed by atoms with Crippen molar-refractivity contribution in [3.05, 3.63) is 29.6 Å². The molecule has 1 aliphatic rings. The molecule has 1 fully saturated rings. The molecule has 0 aliphatic heterocycles. The molecule has 1 heterocycles. The number of rotatable bonds is 4. The zero-order valence-electron chi connectivity index (χ0n) is 12.4. The van der Waals surface area contributed by atoms with E-state index in [1.165, 1.54) is 39.2 Å². The highest BCUT2D eigenvalue weighted by Crippen LogP contribution is 2.22. The highest BCUT2D eigenvalue weighted by molar-refractivity contribution is 5.88. The van der Waals surface area contributed by atoms with Crippen molar-refractivity contribution in [3.8, 4) is 0 Å². The van der Waals surface area contributed by atoms with Crippen molar-refractivity contribution in [2.24, 2.45) is 5.92 Å². The van der Waals surface area contributed by atoms with Gasteiger partial charge < -0.3 is 10.1 Å². The number of carbonyl (C=O) groups is 1. The number of aromatic nitrogens is 1. The van der Waals surface area contributed by atoms with Gasteiger partial charge in [0.15, 0.2) is 0 Å². The standard InChI is InChI=1S/C16H24N2O2/c1-12-4-3-5-14(8-6-12)18-11-15-9-7-13(10-17-15)16(19)20-2/h7,9-10,12,14,18H,3-6,8,11H2,1-2H3. The van der Waals surface area contributed by atoms with Crippen LogP contribution in [0.5, 0.6) is 0 Å². The lowest BCUT2D eigenvalue weighted by Crippen LogP contribution is -2.28. The minimum Gasteiger partial charge on any atom is -0.465 e. The summed E-state index contributed by atoms with van der Waals surface area (Å²) in [4.78, 5) is 15.6. The predicted molar refractivity (Wildman–Crippen MR) is 78.5 cm³/mol. The predicted octanol–water partition coefficient (Wildman–Crippen LogP) is 2.93. The van der Waals surface area contributed by atoms with Gasteiger partial charge in [-0.05, 0) is 37.3 Å². The molecule has 20 heavy (non-hydrogen) atoms. The second-order valence-electron chi connectivity index (χ2n) is 5.72. The maximum Gasteiger partial charge on any atom is 0.339 e. The van der Waals surface area contributed by atoms with Crippen LogP contribution < -0.4 is 5.32 Å². The first-order valence-corrected chi connectivity index (χ1v) is 7.45. The molecule has 2 unspecified atom stereocenters. The molecule has 4 nitrogen and oxygen atoms in total. The van der Waals surface area contributed by atoms with E-state index in [9.17, 15) is 4.79 Å². The Morgan fingerprint density at radius 2 is 2.20 bits per heavy atom. The van der Waals surface area contributed by atoms with Crippen molar-refractivity contribution in [2.75, 3.05) is 7.11 Å². The van der Waals surface area contributed by atoms with Gasteiger partial charge in [-0.2, -0.15) is 0 Å². The zero-order valence-corrected chi connectivity index (χ0v) is 12.4. The average Bonchev–Trinajstić information content (AvgIpc) is 2.69. The van der Waals surface area contributed by atoms with Crippen LogP contribution in [0, 0.1) is 5.92 Å². The molecule has 1 saturated carbocycles. The molecule has 0 amide bonds. The molecule has 0 bridgehead atoms. The van der Waals surface area contributed by atoms with E-state index in [0.717, 1.165) is 18.2 Å². The van der Waals surface area contributed by atoms with Crippen LogP contribution in [0.2, 0.25) is 0 Å². The fraction of sp³-hybridized carbons (Fsp3) is 0.625. The van der Waals surface area contributed by atoms with Crippen molar-refractivity contribution in [1.82, 2.24) is 10.3 Å². The quantitative estimate of drug-likeness (QED) is 0.678. The molecule has 1 aliphatic carbocycles. The second-order valence-corrected chi connectivity index (χ2v) is 5.72. The maximum atomic E-state index is 11.3. The molecule has 0 saturated heterocycles. The molecular weight excluding hydrogens is 252 g/mol. The smallest absolute Gasteiger partial charge is 0.339 e. The van der Waals surface area contributed by atoms with Gasteiger partial charge in [0, 0.05) is 18.8 Å². The highest BCUT2D eigenvalue weighted by atomic mass is 16.5. The Balaban J connectivity index is 1.83. The van der Waals surface area contributed by atoms with E-state index in [0.29, 0.717) is 11.6 Å². The summed E-state index contributed by atoms with van der Waals surface area (Å²) in [6.07, 6.45) is 8.06. The molecular formula is C16H24N2O2. The van der Waals surface area contributed by atoms with E-state index in [-0.39, 0.29) is 5.97 Å². The third-order valence-corrected chi connectivity index (χ3v) is 4.08. The highest BCUT2D eigenvalue weighted by Gasteiger charge is 2.15. The third kappa shape index (κ3) is 4.30. The number of esters is 1. The van der Waals surface area contributed by atoms with Gasteiger partial charge in [0.1, 0.15) is 0 Å². The summed E-state index contributed by atoms with van der Waals surface area (Å²) in [5, 5.41) is 3.58. The number of carbonyl (C=O) groups excluding carboxylic acids is 1. The largest absolute Gasteiger partial charge is 0.465 e. The van der Waals surface area contributed by atoms with Crippen LogP contribution in [0.4, 0.5) is 0 Å². The molecule has 2 rings (SSSR count). The monoisotopic (exact) mass is 276 g/mol. The SMILES string of the molecule is COC(=O)c1ccc(CNC2CCCC(C)CC2)nc1. The summed E-state index contributed by atoms with van der Waals surface area (Å²) in [6, 6.07) is 4.26. The Hall–Kier alpha value is -1.42. The zero-order chi connectivity index (χ0) is 14.4. The summed E-state index contributed by atoms with van der Waals surface area (Å²) < 4.78 is 4.66. The van der Waals surface area contributed by atoms with Crippen LogP contribution >= 0.6 is 0 Å². The van der Waals surface area contributed by atoms with Crippen LogP contribution in [-0.4, -0.2) is 24.1 Å². The van der Waals surface area contributed by atoms with Crippen molar-refractivity contribution in [1.29, 1.82) is 0 Å². The van der Waals surface area contributed by atoms with Gasteiger partial charge in [0.05, 0.1) is 18.4 Å². The minimum absolute atomic E-state index is 0.338. The number of nitrogens with zero attached hydrogens (tertiary/aromatic N) is 1. The summed E-state index contributed by atoms with van der Waals surface area (Å²) in [5.74, 6) is 0.522. The molecule has 110 valence electrons. The number of hydrogen-bond acceptors (Lipinski definition) is 4. The van der Waals surface area contributed by atoms with Crippen LogP contribution in [0.15, 0.2) is 18.3 Å². The van der Waals surface area contributed by atoms with Crippen molar-refractivity contribution >= 4 is 5.97 Å². The molecule has 1 N–H and O–H groups in total. The topological polar surface area (TPSA) is 51.2 Å². The van der Waals surface area contributed by atoms with Gasteiger partial charge in [-0.1, -0.05) is 19.8 Å². The average molecular weight is 276 g/mol. The normalized spacial score (nSPS) is 23.1. The van der Waals surface area contributed by atoms with Gasteiger partial charge in [0.25, 0.3) is 0 Å². The Morgan fingerprint density at radius 3 is 2.90 bits per heavy atom. The Labute approximate surface area is 120 Å². The van der Waals surface area contributed by atoms with Crippen LogP contribution in [0.25, 0.3) is 0 Å². The fourth-order valence-corrected chi connectivity index (χ4v) is 2.71. The minimum atomic E-state index is -0.338. The van der Waals surface area contributed by atoms with Gasteiger partial charge in [-0.3, -0.25) is 4.98 Å². The summed E-state index contributed by atoms with van der Waals surface area (Å²) >= 11 is 0. The molecule has 1 aromatic heterocycles. The lowest BCUT2D eigenvalue weighted by molar-refractivity contribution is 0.0600. The second kappa shape index (κ2) is 7.39. The molecule has 0 radical (unpaired) electrons. The van der Waals surface area contributed by atoms with E-state index in [1.807, 2.05) is 6.07 Å². The fourth-order valence-electron chi connectivity index (χ4n) is 2.71. The maximum absolute atomic E-state index is 11.3. The molecule has 0 aromatic carbocycles. The number of ether oxygens (including phenoxy) is 1. The molecule has 0 spiro atoms.